The topological polar surface area (TPSA) is 68.8 Å². The molecule has 2 amide bonds. The van der Waals surface area contributed by atoms with Crippen molar-refractivity contribution in [2.45, 2.75) is 32.4 Å². The lowest BCUT2D eigenvalue weighted by atomic mass is 10.1. The van der Waals surface area contributed by atoms with Crippen LogP contribution in [0.1, 0.15) is 36.9 Å². The number of aliphatic imine (C=N–C) groups is 1. The van der Waals surface area contributed by atoms with Gasteiger partial charge in [-0.3, -0.25) is 4.99 Å². The highest BCUT2D eigenvalue weighted by molar-refractivity contribution is 5.89. The summed E-state index contributed by atoms with van der Waals surface area (Å²) in [6.07, 6.45) is 2.18. The molecule has 148 valence electrons. The van der Waals surface area contributed by atoms with E-state index < -0.39 is 0 Å². The zero-order valence-corrected chi connectivity index (χ0v) is 16.6. The summed E-state index contributed by atoms with van der Waals surface area (Å²) >= 11 is 0. The van der Waals surface area contributed by atoms with E-state index >= 15 is 0 Å². The quantitative estimate of drug-likeness (QED) is 0.548. The molecule has 0 bridgehead atoms. The zero-order chi connectivity index (χ0) is 19.8. The lowest BCUT2D eigenvalue weighted by Crippen LogP contribution is -2.38. The van der Waals surface area contributed by atoms with E-state index in [1.54, 1.807) is 7.05 Å². The van der Waals surface area contributed by atoms with Gasteiger partial charge in [0, 0.05) is 32.4 Å². The molecular formula is C22H29N5O. The van der Waals surface area contributed by atoms with E-state index in [9.17, 15) is 4.79 Å². The molecule has 0 aliphatic carbocycles. The van der Waals surface area contributed by atoms with Gasteiger partial charge in [0.2, 0.25) is 0 Å². The zero-order valence-electron chi connectivity index (χ0n) is 16.6. The van der Waals surface area contributed by atoms with E-state index in [1.807, 2.05) is 47.4 Å². The van der Waals surface area contributed by atoms with Gasteiger partial charge in [0.05, 0.1) is 6.04 Å². The summed E-state index contributed by atoms with van der Waals surface area (Å²) in [6, 6.07) is 18.3. The van der Waals surface area contributed by atoms with Gasteiger partial charge < -0.3 is 20.9 Å². The highest BCUT2D eigenvalue weighted by Crippen LogP contribution is 2.14. The van der Waals surface area contributed by atoms with Crippen molar-refractivity contribution in [3.63, 3.8) is 0 Å². The van der Waals surface area contributed by atoms with Gasteiger partial charge in [-0.2, -0.15) is 0 Å². The Morgan fingerprint density at radius 2 is 1.86 bits per heavy atom. The number of carbonyl (C=O) groups excluding carboxylic acids is 1. The molecule has 1 heterocycles. The fourth-order valence-electron chi connectivity index (χ4n) is 3.29. The first-order valence-electron chi connectivity index (χ1n) is 9.82. The van der Waals surface area contributed by atoms with Crippen LogP contribution in [-0.2, 0) is 6.54 Å². The lowest BCUT2D eigenvalue weighted by Gasteiger charge is -2.19. The van der Waals surface area contributed by atoms with Crippen molar-refractivity contribution in [3.05, 3.63) is 65.7 Å². The first-order chi connectivity index (χ1) is 13.7. The number of amides is 2. The van der Waals surface area contributed by atoms with Crippen LogP contribution < -0.4 is 16.0 Å². The van der Waals surface area contributed by atoms with Gasteiger partial charge in [-0.05, 0) is 43.0 Å². The minimum absolute atomic E-state index is 0.0169. The fraction of sp³-hybridized carbons (Fsp3) is 0.364. The van der Waals surface area contributed by atoms with Crippen LogP contribution in [0, 0.1) is 0 Å². The summed E-state index contributed by atoms with van der Waals surface area (Å²) < 4.78 is 0. The number of hydrogen-bond donors (Lipinski definition) is 3. The molecule has 1 fully saturated rings. The maximum atomic E-state index is 12.3. The van der Waals surface area contributed by atoms with Crippen LogP contribution in [0.2, 0.25) is 0 Å². The molecule has 1 aliphatic rings. The predicted octanol–water partition coefficient (Wildman–Crippen LogP) is 3.74. The molecule has 2 aromatic carbocycles. The predicted molar refractivity (Wildman–Crippen MR) is 114 cm³/mol. The van der Waals surface area contributed by atoms with Gasteiger partial charge in [0.15, 0.2) is 5.96 Å². The molecule has 2 aromatic rings. The van der Waals surface area contributed by atoms with Crippen molar-refractivity contribution in [1.29, 1.82) is 0 Å². The van der Waals surface area contributed by atoms with Crippen LogP contribution in [-0.4, -0.2) is 37.0 Å². The Bertz CT molecular complexity index is 800. The Balaban J connectivity index is 1.53. The molecule has 6 nitrogen and oxygen atoms in total. The maximum absolute atomic E-state index is 12.3. The summed E-state index contributed by atoms with van der Waals surface area (Å²) in [6.45, 7) is 4.41. The largest absolute Gasteiger partial charge is 0.352 e. The third-order valence-electron chi connectivity index (χ3n) is 4.91. The van der Waals surface area contributed by atoms with Gasteiger partial charge in [-0.15, -0.1) is 0 Å². The molecule has 3 N–H and O–H groups in total. The van der Waals surface area contributed by atoms with Gasteiger partial charge >= 0.3 is 6.03 Å². The Hall–Kier alpha value is -3.02. The first kappa shape index (κ1) is 19.7. The molecule has 0 radical (unpaired) electrons. The number of rotatable bonds is 5. The third kappa shape index (κ3) is 5.49. The first-order valence-corrected chi connectivity index (χ1v) is 9.82. The number of guanidine groups is 1. The molecule has 1 unspecified atom stereocenters. The SMILES string of the molecule is CN=C(NCc1cccc(NC(=O)N2CCCC2)c1)NC(C)c1ccccc1. The van der Waals surface area contributed by atoms with Crippen molar-refractivity contribution in [1.82, 2.24) is 15.5 Å². The number of likely N-dealkylation sites (tertiary alicyclic amines) is 1. The summed E-state index contributed by atoms with van der Waals surface area (Å²) in [5.74, 6) is 0.739. The van der Waals surface area contributed by atoms with Gasteiger partial charge in [-0.25, -0.2) is 4.79 Å². The van der Waals surface area contributed by atoms with E-state index in [0.717, 1.165) is 43.1 Å². The highest BCUT2D eigenvalue weighted by Gasteiger charge is 2.17. The molecule has 6 heteroatoms. The second kappa shape index (κ2) is 9.78. The number of benzene rings is 2. The second-order valence-electron chi connectivity index (χ2n) is 7.03. The van der Waals surface area contributed by atoms with Gasteiger partial charge in [-0.1, -0.05) is 42.5 Å². The summed E-state index contributed by atoms with van der Waals surface area (Å²) in [5.41, 5.74) is 3.10. The minimum Gasteiger partial charge on any atom is -0.352 e. The van der Waals surface area contributed by atoms with Gasteiger partial charge in [0.25, 0.3) is 0 Å². The molecule has 1 saturated heterocycles. The van der Waals surface area contributed by atoms with Crippen LogP contribution in [0.25, 0.3) is 0 Å². The van der Waals surface area contributed by atoms with Crippen molar-refractivity contribution in [2.75, 3.05) is 25.5 Å². The number of nitrogens with zero attached hydrogens (tertiary/aromatic N) is 2. The smallest absolute Gasteiger partial charge is 0.321 e. The van der Waals surface area contributed by atoms with E-state index in [-0.39, 0.29) is 12.1 Å². The van der Waals surface area contributed by atoms with E-state index in [1.165, 1.54) is 5.56 Å². The molecule has 0 saturated carbocycles. The summed E-state index contributed by atoms with van der Waals surface area (Å²) in [5, 5.41) is 9.73. The molecular weight excluding hydrogens is 350 g/mol. The van der Waals surface area contributed by atoms with Crippen LogP contribution in [0.4, 0.5) is 10.5 Å². The molecule has 1 aliphatic heterocycles. The Morgan fingerprint density at radius 3 is 2.57 bits per heavy atom. The third-order valence-corrected chi connectivity index (χ3v) is 4.91. The number of anilines is 1. The number of hydrogen-bond acceptors (Lipinski definition) is 2. The van der Waals surface area contributed by atoms with Crippen LogP contribution in [0.5, 0.6) is 0 Å². The number of nitrogens with one attached hydrogen (secondary N) is 3. The average molecular weight is 380 g/mol. The average Bonchev–Trinajstić information content (AvgIpc) is 3.27. The van der Waals surface area contributed by atoms with Crippen molar-refractivity contribution >= 4 is 17.7 Å². The summed E-state index contributed by atoms with van der Waals surface area (Å²) in [7, 11) is 1.76. The molecule has 0 aromatic heterocycles. The molecule has 28 heavy (non-hydrogen) atoms. The fourth-order valence-corrected chi connectivity index (χ4v) is 3.29. The maximum Gasteiger partial charge on any atom is 0.321 e. The Labute approximate surface area is 167 Å². The van der Waals surface area contributed by atoms with Crippen LogP contribution in [0.3, 0.4) is 0 Å². The van der Waals surface area contributed by atoms with E-state index in [0.29, 0.717) is 6.54 Å². The van der Waals surface area contributed by atoms with Crippen molar-refractivity contribution in [2.24, 2.45) is 4.99 Å². The summed E-state index contributed by atoms with van der Waals surface area (Å²) in [4.78, 5) is 18.4. The highest BCUT2D eigenvalue weighted by atomic mass is 16.2. The Kier molecular flexibility index (Phi) is 6.89. The van der Waals surface area contributed by atoms with Crippen molar-refractivity contribution in [3.8, 4) is 0 Å². The Morgan fingerprint density at radius 1 is 1.11 bits per heavy atom. The van der Waals surface area contributed by atoms with E-state index in [2.05, 4.69) is 40.0 Å². The van der Waals surface area contributed by atoms with Crippen LogP contribution >= 0.6 is 0 Å². The standard InChI is InChI=1S/C22H29N5O/c1-17(19-10-4-3-5-11-19)25-21(23-2)24-16-18-9-8-12-20(15-18)26-22(28)27-13-6-7-14-27/h3-5,8-12,15,17H,6-7,13-14,16H2,1-2H3,(H,26,28)(H2,23,24,25). The van der Waals surface area contributed by atoms with Crippen molar-refractivity contribution < 1.29 is 4.79 Å². The normalized spacial score (nSPS) is 15.2. The van der Waals surface area contributed by atoms with E-state index in [4.69, 9.17) is 0 Å². The molecule has 3 rings (SSSR count). The monoisotopic (exact) mass is 379 g/mol. The molecule has 0 spiro atoms. The number of urea groups is 1. The lowest BCUT2D eigenvalue weighted by molar-refractivity contribution is 0.222. The number of carbonyl (C=O) groups is 1. The van der Waals surface area contributed by atoms with Crippen LogP contribution in [0.15, 0.2) is 59.6 Å². The molecule has 1 atom stereocenters. The van der Waals surface area contributed by atoms with Gasteiger partial charge in [0.1, 0.15) is 0 Å². The second-order valence-corrected chi connectivity index (χ2v) is 7.03. The minimum atomic E-state index is -0.0169.